The van der Waals surface area contributed by atoms with Crippen LogP contribution in [0.1, 0.15) is 16.7 Å². The van der Waals surface area contributed by atoms with E-state index in [-0.39, 0.29) is 0 Å². The van der Waals surface area contributed by atoms with Gasteiger partial charge in [-0.05, 0) is 31.0 Å². The molecule has 0 amide bonds. The fraction of sp³-hybridized carbons (Fsp3) is 0.273. The molecule has 0 saturated heterocycles. The topological polar surface area (TPSA) is 12.0 Å². The summed E-state index contributed by atoms with van der Waals surface area (Å²) in [5, 5.41) is 3.14. The normalized spacial score (nSPS) is 9.58. The standard InChI is InChI=1S/C11H15N/c1-5-10-9(3)8(2)6-7-11(10)12-4/h5-7,12H,1H2,2-4H3. The zero-order chi connectivity index (χ0) is 9.14. The zero-order valence-corrected chi connectivity index (χ0v) is 7.94. The van der Waals surface area contributed by atoms with E-state index in [0.29, 0.717) is 0 Å². The molecule has 1 N–H and O–H groups in total. The Balaban J connectivity index is 3.35. The number of benzene rings is 1. The van der Waals surface area contributed by atoms with Crippen LogP contribution in [0.15, 0.2) is 18.7 Å². The molecule has 1 aromatic carbocycles. The Kier molecular flexibility index (Phi) is 2.54. The molecule has 0 spiro atoms. The predicted molar refractivity (Wildman–Crippen MR) is 55.6 cm³/mol. The fourth-order valence-electron chi connectivity index (χ4n) is 1.32. The van der Waals surface area contributed by atoms with Crippen LogP contribution in [0.2, 0.25) is 0 Å². The molecule has 0 aromatic heterocycles. The lowest BCUT2D eigenvalue weighted by Gasteiger charge is -2.10. The first-order valence-electron chi connectivity index (χ1n) is 4.11. The van der Waals surface area contributed by atoms with Crippen LogP contribution in [0.25, 0.3) is 6.08 Å². The van der Waals surface area contributed by atoms with Gasteiger partial charge in [0.15, 0.2) is 0 Å². The van der Waals surface area contributed by atoms with Crippen LogP contribution in [-0.4, -0.2) is 7.05 Å². The summed E-state index contributed by atoms with van der Waals surface area (Å²) in [6.07, 6.45) is 1.90. The first kappa shape index (κ1) is 8.85. The van der Waals surface area contributed by atoms with Crippen molar-refractivity contribution in [1.82, 2.24) is 0 Å². The molecular formula is C11H15N. The van der Waals surface area contributed by atoms with E-state index in [9.17, 15) is 0 Å². The first-order chi connectivity index (χ1) is 5.70. The predicted octanol–water partition coefficient (Wildman–Crippen LogP) is 2.99. The van der Waals surface area contributed by atoms with Gasteiger partial charge in [0.2, 0.25) is 0 Å². The molecule has 0 aliphatic carbocycles. The fourth-order valence-corrected chi connectivity index (χ4v) is 1.32. The second kappa shape index (κ2) is 3.44. The number of anilines is 1. The summed E-state index contributed by atoms with van der Waals surface area (Å²) < 4.78 is 0. The van der Waals surface area contributed by atoms with Crippen LogP contribution in [-0.2, 0) is 0 Å². The van der Waals surface area contributed by atoms with Crippen LogP contribution < -0.4 is 5.32 Å². The maximum Gasteiger partial charge on any atom is 0.0413 e. The van der Waals surface area contributed by atoms with Crippen molar-refractivity contribution in [1.29, 1.82) is 0 Å². The van der Waals surface area contributed by atoms with E-state index in [2.05, 4.69) is 37.9 Å². The van der Waals surface area contributed by atoms with Gasteiger partial charge in [-0.2, -0.15) is 0 Å². The Hall–Kier alpha value is -1.24. The van der Waals surface area contributed by atoms with Gasteiger partial charge in [0.25, 0.3) is 0 Å². The van der Waals surface area contributed by atoms with Gasteiger partial charge in [0.1, 0.15) is 0 Å². The van der Waals surface area contributed by atoms with Gasteiger partial charge in [-0.1, -0.05) is 18.7 Å². The highest BCUT2D eigenvalue weighted by atomic mass is 14.8. The van der Waals surface area contributed by atoms with Crippen molar-refractivity contribution >= 4 is 11.8 Å². The Morgan fingerprint density at radius 2 is 2.00 bits per heavy atom. The largest absolute Gasteiger partial charge is 0.388 e. The highest BCUT2D eigenvalue weighted by Gasteiger charge is 2.02. The molecule has 0 unspecified atom stereocenters. The number of hydrogen-bond donors (Lipinski definition) is 1. The third-order valence-electron chi connectivity index (χ3n) is 2.26. The second-order valence-corrected chi connectivity index (χ2v) is 2.92. The molecule has 0 saturated carbocycles. The van der Waals surface area contributed by atoms with Gasteiger partial charge < -0.3 is 5.32 Å². The SMILES string of the molecule is C=Cc1c(NC)ccc(C)c1C. The third kappa shape index (κ3) is 1.35. The van der Waals surface area contributed by atoms with Crippen LogP contribution in [0.5, 0.6) is 0 Å². The smallest absolute Gasteiger partial charge is 0.0413 e. The Bertz CT molecular complexity index is 300. The monoisotopic (exact) mass is 161 g/mol. The third-order valence-corrected chi connectivity index (χ3v) is 2.26. The van der Waals surface area contributed by atoms with Crippen molar-refractivity contribution in [2.45, 2.75) is 13.8 Å². The lowest BCUT2D eigenvalue weighted by atomic mass is 10.0. The number of aryl methyl sites for hydroxylation is 1. The zero-order valence-electron chi connectivity index (χ0n) is 7.94. The van der Waals surface area contributed by atoms with E-state index >= 15 is 0 Å². The van der Waals surface area contributed by atoms with Crippen molar-refractivity contribution in [3.8, 4) is 0 Å². The summed E-state index contributed by atoms with van der Waals surface area (Å²) in [6.45, 7) is 8.03. The molecule has 0 aliphatic rings. The van der Waals surface area contributed by atoms with Crippen molar-refractivity contribution in [3.63, 3.8) is 0 Å². The molecule has 1 rings (SSSR count). The molecule has 64 valence electrons. The molecule has 12 heavy (non-hydrogen) atoms. The number of rotatable bonds is 2. The summed E-state index contributed by atoms with van der Waals surface area (Å²) in [4.78, 5) is 0. The average Bonchev–Trinajstić information content (AvgIpc) is 2.09. The van der Waals surface area contributed by atoms with Gasteiger partial charge in [0.05, 0.1) is 0 Å². The van der Waals surface area contributed by atoms with E-state index in [4.69, 9.17) is 0 Å². The van der Waals surface area contributed by atoms with Gasteiger partial charge in [-0.15, -0.1) is 0 Å². The van der Waals surface area contributed by atoms with Gasteiger partial charge in [0, 0.05) is 18.3 Å². The molecule has 0 atom stereocenters. The summed E-state index contributed by atoms with van der Waals surface area (Å²) in [5.74, 6) is 0. The van der Waals surface area contributed by atoms with E-state index < -0.39 is 0 Å². The average molecular weight is 161 g/mol. The van der Waals surface area contributed by atoms with Crippen molar-refractivity contribution in [3.05, 3.63) is 35.4 Å². The van der Waals surface area contributed by atoms with Crippen LogP contribution in [0, 0.1) is 13.8 Å². The van der Waals surface area contributed by atoms with Gasteiger partial charge >= 0.3 is 0 Å². The van der Waals surface area contributed by atoms with E-state index in [1.54, 1.807) is 0 Å². The second-order valence-electron chi connectivity index (χ2n) is 2.92. The minimum atomic E-state index is 1.15. The minimum absolute atomic E-state index is 1.15. The van der Waals surface area contributed by atoms with E-state index in [1.165, 1.54) is 16.7 Å². The molecular weight excluding hydrogens is 146 g/mol. The molecule has 0 aliphatic heterocycles. The molecule has 0 radical (unpaired) electrons. The van der Waals surface area contributed by atoms with Gasteiger partial charge in [-0.25, -0.2) is 0 Å². The molecule has 0 fully saturated rings. The highest BCUT2D eigenvalue weighted by molar-refractivity contribution is 5.69. The van der Waals surface area contributed by atoms with Crippen LogP contribution >= 0.6 is 0 Å². The Labute approximate surface area is 74.1 Å². The summed E-state index contributed by atoms with van der Waals surface area (Å²) >= 11 is 0. The van der Waals surface area contributed by atoms with Gasteiger partial charge in [-0.3, -0.25) is 0 Å². The maximum atomic E-state index is 3.80. The number of nitrogens with one attached hydrogen (secondary N) is 1. The van der Waals surface area contributed by atoms with E-state index in [1.807, 2.05) is 13.1 Å². The Morgan fingerprint density at radius 3 is 2.50 bits per heavy atom. The highest BCUT2D eigenvalue weighted by Crippen LogP contribution is 2.22. The van der Waals surface area contributed by atoms with Crippen LogP contribution in [0.4, 0.5) is 5.69 Å². The van der Waals surface area contributed by atoms with Crippen molar-refractivity contribution < 1.29 is 0 Å². The Morgan fingerprint density at radius 1 is 1.33 bits per heavy atom. The molecule has 1 heteroatoms. The van der Waals surface area contributed by atoms with Crippen molar-refractivity contribution in [2.75, 3.05) is 12.4 Å². The number of hydrogen-bond acceptors (Lipinski definition) is 1. The maximum absolute atomic E-state index is 3.80. The summed E-state index contributed by atoms with van der Waals surface area (Å²) in [7, 11) is 1.93. The molecule has 1 aromatic rings. The lowest BCUT2D eigenvalue weighted by molar-refractivity contribution is 1.31. The lowest BCUT2D eigenvalue weighted by Crippen LogP contribution is -1.95. The van der Waals surface area contributed by atoms with E-state index in [0.717, 1.165) is 5.69 Å². The molecule has 0 bridgehead atoms. The molecule has 0 heterocycles. The van der Waals surface area contributed by atoms with Crippen molar-refractivity contribution in [2.24, 2.45) is 0 Å². The van der Waals surface area contributed by atoms with Crippen LogP contribution in [0.3, 0.4) is 0 Å². The quantitative estimate of drug-likeness (QED) is 0.703. The summed E-state index contributed by atoms with van der Waals surface area (Å²) in [5.41, 5.74) is 4.96. The summed E-state index contributed by atoms with van der Waals surface area (Å²) in [6, 6.07) is 4.20. The minimum Gasteiger partial charge on any atom is -0.388 e. The molecule has 1 nitrogen and oxygen atoms in total. The first-order valence-corrected chi connectivity index (χ1v) is 4.11.